The Morgan fingerprint density at radius 2 is 1.91 bits per heavy atom. The van der Waals surface area contributed by atoms with Gasteiger partial charge in [-0.05, 0) is 25.8 Å². The first-order chi connectivity index (χ1) is 5.18. The van der Waals surface area contributed by atoms with E-state index in [9.17, 15) is 0 Å². The lowest BCUT2D eigenvalue weighted by molar-refractivity contribution is 0.129. The maximum atomic E-state index is 9.10. The van der Waals surface area contributed by atoms with Crippen LogP contribution in [0.1, 0.15) is 20.3 Å². The molecule has 0 saturated heterocycles. The maximum absolute atomic E-state index is 9.10. The van der Waals surface area contributed by atoms with Crippen molar-refractivity contribution in [2.75, 3.05) is 19.7 Å². The van der Waals surface area contributed by atoms with Crippen LogP contribution < -0.4 is 5.32 Å². The SMILES string of the molecule is C[C@@H](O)[C@@H](C)CCNCCO. The van der Waals surface area contributed by atoms with Gasteiger partial charge in [0.2, 0.25) is 0 Å². The second-order valence-corrected chi connectivity index (χ2v) is 2.98. The number of nitrogens with one attached hydrogen (secondary N) is 1. The molecule has 68 valence electrons. The highest BCUT2D eigenvalue weighted by molar-refractivity contribution is 4.60. The molecule has 0 amide bonds. The summed E-state index contributed by atoms with van der Waals surface area (Å²) in [5.74, 6) is 0.334. The predicted molar refractivity (Wildman–Crippen MR) is 45.4 cm³/mol. The van der Waals surface area contributed by atoms with E-state index in [1.165, 1.54) is 0 Å². The average Bonchev–Trinajstić information content (AvgIpc) is 1.97. The summed E-state index contributed by atoms with van der Waals surface area (Å²) >= 11 is 0. The molecule has 0 radical (unpaired) electrons. The van der Waals surface area contributed by atoms with Gasteiger partial charge in [0, 0.05) is 6.54 Å². The van der Waals surface area contributed by atoms with E-state index in [1.54, 1.807) is 6.92 Å². The Kier molecular flexibility index (Phi) is 6.51. The van der Waals surface area contributed by atoms with Crippen LogP contribution in [0.3, 0.4) is 0 Å². The van der Waals surface area contributed by atoms with Gasteiger partial charge < -0.3 is 15.5 Å². The minimum atomic E-state index is -0.231. The van der Waals surface area contributed by atoms with Gasteiger partial charge in [0.25, 0.3) is 0 Å². The third-order valence-electron chi connectivity index (χ3n) is 1.89. The van der Waals surface area contributed by atoms with Gasteiger partial charge in [0.15, 0.2) is 0 Å². The summed E-state index contributed by atoms with van der Waals surface area (Å²) in [5.41, 5.74) is 0. The van der Waals surface area contributed by atoms with Crippen molar-refractivity contribution in [1.82, 2.24) is 5.32 Å². The molecule has 0 aromatic rings. The van der Waals surface area contributed by atoms with E-state index in [1.807, 2.05) is 6.92 Å². The molecule has 3 N–H and O–H groups in total. The topological polar surface area (TPSA) is 52.5 Å². The van der Waals surface area contributed by atoms with Crippen LogP contribution in [-0.2, 0) is 0 Å². The Labute approximate surface area is 68.4 Å². The van der Waals surface area contributed by atoms with Crippen LogP contribution in [0.25, 0.3) is 0 Å². The van der Waals surface area contributed by atoms with Crippen LogP contribution in [0.2, 0.25) is 0 Å². The molecule has 0 aliphatic rings. The first-order valence-corrected chi connectivity index (χ1v) is 4.18. The highest BCUT2D eigenvalue weighted by atomic mass is 16.3. The third-order valence-corrected chi connectivity index (χ3v) is 1.89. The van der Waals surface area contributed by atoms with E-state index < -0.39 is 0 Å². The van der Waals surface area contributed by atoms with Crippen LogP contribution in [0.15, 0.2) is 0 Å². The van der Waals surface area contributed by atoms with E-state index in [4.69, 9.17) is 10.2 Å². The first kappa shape index (κ1) is 10.9. The summed E-state index contributed by atoms with van der Waals surface area (Å²) in [6.07, 6.45) is 0.725. The lowest BCUT2D eigenvalue weighted by Crippen LogP contribution is -2.24. The molecule has 0 aromatic carbocycles. The van der Waals surface area contributed by atoms with Crippen LogP contribution in [0, 0.1) is 5.92 Å². The lowest BCUT2D eigenvalue weighted by Gasteiger charge is -2.13. The minimum Gasteiger partial charge on any atom is -0.395 e. The molecule has 3 heteroatoms. The minimum absolute atomic E-state index is 0.184. The van der Waals surface area contributed by atoms with E-state index in [0.29, 0.717) is 12.5 Å². The Morgan fingerprint density at radius 3 is 2.36 bits per heavy atom. The molecule has 0 fully saturated rings. The number of hydrogen-bond donors (Lipinski definition) is 3. The van der Waals surface area contributed by atoms with Crippen molar-refractivity contribution in [2.24, 2.45) is 5.92 Å². The molecule has 0 bridgehead atoms. The van der Waals surface area contributed by atoms with Crippen molar-refractivity contribution in [3.05, 3.63) is 0 Å². The summed E-state index contributed by atoms with van der Waals surface area (Å²) < 4.78 is 0. The van der Waals surface area contributed by atoms with Gasteiger partial charge >= 0.3 is 0 Å². The van der Waals surface area contributed by atoms with Crippen LogP contribution in [-0.4, -0.2) is 36.0 Å². The van der Waals surface area contributed by atoms with Crippen molar-refractivity contribution in [1.29, 1.82) is 0 Å². The van der Waals surface area contributed by atoms with Crippen LogP contribution in [0.5, 0.6) is 0 Å². The maximum Gasteiger partial charge on any atom is 0.0555 e. The summed E-state index contributed by atoms with van der Waals surface area (Å²) in [7, 11) is 0. The van der Waals surface area contributed by atoms with Gasteiger partial charge in [0.05, 0.1) is 12.7 Å². The van der Waals surface area contributed by atoms with Crippen molar-refractivity contribution in [3.8, 4) is 0 Å². The van der Waals surface area contributed by atoms with Crippen molar-refractivity contribution >= 4 is 0 Å². The van der Waals surface area contributed by atoms with E-state index >= 15 is 0 Å². The molecular weight excluding hydrogens is 142 g/mol. The predicted octanol–water partition coefficient (Wildman–Crippen LogP) is -0.0247. The summed E-state index contributed by atoms with van der Waals surface area (Å²) in [6.45, 7) is 5.52. The van der Waals surface area contributed by atoms with Crippen LogP contribution >= 0.6 is 0 Å². The summed E-state index contributed by atoms with van der Waals surface area (Å²) in [6, 6.07) is 0. The molecule has 0 aliphatic heterocycles. The smallest absolute Gasteiger partial charge is 0.0555 e. The molecule has 0 heterocycles. The average molecular weight is 161 g/mol. The normalized spacial score (nSPS) is 16.4. The van der Waals surface area contributed by atoms with E-state index in [0.717, 1.165) is 13.0 Å². The third kappa shape index (κ3) is 6.28. The first-order valence-electron chi connectivity index (χ1n) is 4.18. The van der Waals surface area contributed by atoms with E-state index in [2.05, 4.69) is 5.32 Å². The number of hydrogen-bond acceptors (Lipinski definition) is 3. The second kappa shape index (κ2) is 6.58. The van der Waals surface area contributed by atoms with Gasteiger partial charge in [-0.25, -0.2) is 0 Å². The molecule has 2 atom stereocenters. The zero-order valence-electron chi connectivity index (χ0n) is 7.38. The molecule has 3 nitrogen and oxygen atoms in total. The second-order valence-electron chi connectivity index (χ2n) is 2.98. The number of aliphatic hydroxyl groups excluding tert-OH is 2. The molecule has 0 saturated carbocycles. The van der Waals surface area contributed by atoms with Gasteiger partial charge in [0.1, 0.15) is 0 Å². The Morgan fingerprint density at radius 1 is 1.27 bits per heavy atom. The lowest BCUT2D eigenvalue weighted by atomic mass is 10.0. The van der Waals surface area contributed by atoms with Gasteiger partial charge in [-0.3, -0.25) is 0 Å². The molecule has 0 aliphatic carbocycles. The molecule has 0 unspecified atom stereocenters. The fourth-order valence-corrected chi connectivity index (χ4v) is 0.775. The van der Waals surface area contributed by atoms with E-state index in [-0.39, 0.29) is 12.7 Å². The van der Waals surface area contributed by atoms with Crippen molar-refractivity contribution < 1.29 is 10.2 Å². The highest BCUT2D eigenvalue weighted by Crippen LogP contribution is 2.05. The number of rotatable bonds is 6. The summed E-state index contributed by atoms with van der Waals surface area (Å²) in [4.78, 5) is 0. The standard InChI is InChI=1S/C8H19NO2/c1-7(8(2)11)3-4-9-5-6-10/h7-11H,3-6H2,1-2H3/t7-,8+/m0/s1. The van der Waals surface area contributed by atoms with Gasteiger partial charge in [-0.2, -0.15) is 0 Å². The molecule has 0 rings (SSSR count). The van der Waals surface area contributed by atoms with Crippen molar-refractivity contribution in [2.45, 2.75) is 26.4 Å². The fraction of sp³-hybridized carbons (Fsp3) is 1.00. The Balaban J connectivity index is 3.10. The quantitative estimate of drug-likeness (QED) is 0.480. The van der Waals surface area contributed by atoms with Gasteiger partial charge in [-0.15, -0.1) is 0 Å². The Hall–Kier alpha value is -0.120. The van der Waals surface area contributed by atoms with Gasteiger partial charge in [-0.1, -0.05) is 6.92 Å². The monoisotopic (exact) mass is 161 g/mol. The van der Waals surface area contributed by atoms with Crippen molar-refractivity contribution in [3.63, 3.8) is 0 Å². The zero-order valence-corrected chi connectivity index (χ0v) is 7.38. The molecular formula is C8H19NO2. The zero-order chi connectivity index (χ0) is 8.69. The summed E-state index contributed by atoms with van der Waals surface area (Å²) in [5, 5.41) is 20.6. The molecule has 0 spiro atoms. The highest BCUT2D eigenvalue weighted by Gasteiger charge is 2.06. The molecule has 11 heavy (non-hydrogen) atoms. The Bertz CT molecular complexity index is 86.2. The number of aliphatic hydroxyl groups is 2. The fourth-order valence-electron chi connectivity index (χ4n) is 0.775. The van der Waals surface area contributed by atoms with Crippen LogP contribution in [0.4, 0.5) is 0 Å². The molecule has 0 aromatic heterocycles. The largest absolute Gasteiger partial charge is 0.395 e.